The Hall–Kier alpha value is -1.98. The molecule has 1 saturated heterocycles. The highest BCUT2D eigenvalue weighted by molar-refractivity contribution is 7.91. The molecule has 2 aromatic rings. The second-order valence-corrected chi connectivity index (χ2v) is 9.01. The molecule has 1 heterocycles. The molecule has 0 amide bonds. The predicted octanol–water partition coefficient (Wildman–Crippen LogP) is 2.65. The van der Waals surface area contributed by atoms with Crippen molar-refractivity contribution in [2.45, 2.75) is 19.9 Å². The highest BCUT2D eigenvalue weighted by atomic mass is 32.2. The summed E-state index contributed by atoms with van der Waals surface area (Å²) < 4.78 is 22.9. The molecule has 0 atom stereocenters. The minimum atomic E-state index is -2.84. The molecule has 0 unspecified atom stereocenters. The Morgan fingerprint density at radius 1 is 0.920 bits per heavy atom. The van der Waals surface area contributed by atoms with Crippen molar-refractivity contribution in [3.8, 4) is 0 Å². The highest BCUT2D eigenvalue weighted by Crippen LogP contribution is 2.13. The van der Waals surface area contributed by atoms with E-state index < -0.39 is 9.84 Å². The minimum absolute atomic E-state index is 0.119. The lowest BCUT2D eigenvalue weighted by Gasteiger charge is -2.26. The van der Waals surface area contributed by atoms with Gasteiger partial charge < -0.3 is 0 Å². The van der Waals surface area contributed by atoms with Crippen molar-refractivity contribution in [2.75, 3.05) is 24.6 Å². The number of Topliss-reactive ketones (excluding diaryl/α,β-unsaturated/α-hetero) is 1. The van der Waals surface area contributed by atoms with E-state index in [1.54, 1.807) is 0 Å². The van der Waals surface area contributed by atoms with Gasteiger partial charge in [0.15, 0.2) is 15.6 Å². The number of aryl methyl sites for hydroxylation is 1. The van der Waals surface area contributed by atoms with E-state index >= 15 is 0 Å². The number of nitrogens with zero attached hydrogens (tertiary/aromatic N) is 1. The summed E-state index contributed by atoms with van der Waals surface area (Å²) in [7, 11) is -2.84. The summed E-state index contributed by atoms with van der Waals surface area (Å²) in [6.45, 7) is 3.94. The Morgan fingerprint density at radius 3 is 2.08 bits per heavy atom. The zero-order valence-electron chi connectivity index (χ0n) is 14.4. The van der Waals surface area contributed by atoms with Gasteiger partial charge in [-0.1, -0.05) is 54.1 Å². The molecule has 0 spiro atoms. The molecule has 1 aliphatic rings. The van der Waals surface area contributed by atoms with E-state index in [1.807, 2.05) is 55.5 Å². The van der Waals surface area contributed by atoms with Gasteiger partial charge in [-0.3, -0.25) is 9.69 Å². The fraction of sp³-hybridized carbons (Fsp3) is 0.350. The lowest BCUT2D eigenvalue weighted by molar-refractivity contribution is 0.0993. The molecule has 25 heavy (non-hydrogen) atoms. The Bertz CT molecular complexity index is 826. The van der Waals surface area contributed by atoms with Crippen molar-refractivity contribution < 1.29 is 13.2 Å². The van der Waals surface area contributed by atoms with Crippen molar-refractivity contribution in [2.24, 2.45) is 0 Å². The van der Waals surface area contributed by atoms with E-state index in [1.165, 1.54) is 0 Å². The van der Waals surface area contributed by atoms with Crippen molar-refractivity contribution in [3.05, 3.63) is 70.8 Å². The topological polar surface area (TPSA) is 54.5 Å². The van der Waals surface area contributed by atoms with Crippen LogP contribution in [0.5, 0.6) is 0 Å². The summed E-state index contributed by atoms with van der Waals surface area (Å²) in [5, 5.41) is 0. The van der Waals surface area contributed by atoms with Crippen LogP contribution in [-0.2, 0) is 22.8 Å². The van der Waals surface area contributed by atoms with Crippen LogP contribution in [0.1, 0.15) is 27.0 Å². The maximum absolute atomic E-state index is 12.3. The summed E-state index contributed by atoms with van der Waals surface area (Å²) in [4.78, 5) is 14.5. The van der Waals surface area contributed by atoms with Crippen LogP contribution in [-0.4, -0.2) is 43.7 Å². The molecule has 0 bridgehead atoms. The van der Waals surface area contributed by atoms with Gasteiger partial charge in [-0.05, 0) is 18.1 Å². The molecule has 0 N–H and O–H groups in total. The molecule has 132 valence electrons. The first-order chi connectivity index (χ1) is 11.9. The van der Waals surface area contributed by atoms with Gasteiger partial charge in [0, 0.05) is 31.6 Å². The molecule has 0 aromatic heterocycles. The van der Waals surface area contributed by atoms with Gasteiger partial charge in [0.2, 0.25) is 0 Å². The van der Waals surface area contributed by atoms with E-state index in [4.69, 9.17) is 0 Å². The third kappa shape index (κ3) is 5.00. The Kier molecular flexibility index (Phi) is 5.35. The summed E-state index contributed by atoms with van der Waals surface area (Å²) in [6.07, 6.45) is 0.394. The Balaban J connectivity index is 1.57. The van der Waals surface area contributed by atoms with Crippen LogP contribution in [0.4, 0.5) is 0 Å². The number of sulfone groups is 1. The third-order valence-corrected chi connectivity index (χ3v) is 6.21. The second kappa shape index (κ2) is 7.50. The molecule has 0 aliphatic carbocycles. The van der Waals surface area contributed by atoms with Crippen LogP contribution >= 0.6 is 0 Å². The van der Waals surface area contributed by atoms with E-state index in [2.05, 4.69) is 4.90 Å². The van der Waals surface area contributed by atoms with Crippen LogP contribution in [0.15, 0.2) is 48.5 Å². The number of hydrogen-bond acceptors (Lipinski definition) is 4. The molecule has 3 rings (SSSR count). The van der Waals surface area contributed by atoms with E-state index in [-0.39, 0.29) is 17.3 Å². The molecule has 5 heteroatoms. The van der Waals surface area contributed by atoms with Crippen molar-refractivity contribution in [1.29, 1.82) is 0 Å². The standard InChI is InChI=1S/C20H23NO3S/c1-16-2-8-19(9-3-16)20(22)14-17-4-6-18(7-5-17)15-21-10-12-25(23,24)13-11-21/h2-9H,10-15H2,1H3. The molecular formula is C20H23NO3S. The monoisotopic (exact) mass is 357 g/mol. The average Bonchev–Trinajstić information content (AvgIpc) is 2.59. The number of benzene rings is 2. The van der Waals surface area contributed by atoms with Crippen LogP contribution in [0.3, 0.4) is 0 Å². The van der Waals surface area contributed by atoms with Crippen LogP contribution in [0, 0.1) is 6.92 Å². The fourth-order valence-corrected chi connectivity index (χ4v) is 4.23. The quantitative estimate of drug-likeness (QED) is 0.772. The van der Waals surface area contributed by atoms with Gasteiger partial charge in [0.25, 0.3) is 0 Å². The van der Waals surface area contributed by atoms with E-state index in [9.17, 15) is 13.2 Å². The van der Waals surface area contributed by atoms with Gasteiger partial charge in [-0.2, -0.15) is 0 Å². The maximum atomic E-state index is 12.3. The molecular weight excluding hydrogens is 334 g/mol. The van der Waals surface area contributed by atoms with Crippen LogP contribution in [0.2, 0.25) is 0 Å². The first-order valence-corrected chi connectivity index (χ1v) is 10.3. The predicted molar refractivity (Wildman–Crippen MR) is 99.6 cm³/mol. The van der Waals surface area contributed by atoms with Crippen LogP contribution < -0.4 is 0 Å². The number of carbonyl (C=O) groups excluding carboxylic acids is 1. The van der Waals surface area contributed by atoms with Crippen molar-refractivity contribution in [3.63, 3.8) is 0 Å². The number of ketones is 1. The molecule has 1 fully saturated rings. The minimum Gasteiger partial charge on any atom is -0.297 e. The second-order valence-electron chi connectivity index (χ2n) is 6.71. The SMILES string of the molecule is Cc1ccc(C(=O)Cc2ccc(CN3CCS(=O)(=O)CC3)cc2)cc1. The van der Waals surface area contributed by atoms with E-state index in [0.717, 1.165) is 28.8 Å². The van der Waals surface area contributed by atoms with Gasteiger partial charge in [0.1, 0.15) is 0 Å². The van der Waals surface area contributed by atoms with Crippen LogP contribution in [0.25, 0.3) is 0 Å². The molecule has 0 saturated carbocycles. The number of hydrogen-bond donors (Lipinski definition) is 0. The Labute approximate surface area is 149 Å². The number of rotatable bonds is 5. The van der Waals surface area contributed by atoms with Gasteiger partial charge in [0.05, 0.1) is 11.5 Å². The first kappa shape index (κ1) is 17.8. The normalized spacial score (nSPS) is 17.3. The largest absolute Gasteiger partial charge is 0.297 e. The van der Waals surface area contributed by atoms with Gasteiger partial charge >= 0.3 is 0 Å². The number of carbonyl (C=O) groups is 1. The van der Waals surface area contributed by atoms with Gasteiger partial charge in [-0.15, -0.1) is 0 Å². The lowest BCUT2D eigenvalue weighted by atomic mass is 10.0. The average molecular weight is 357 g/mol. The summed E-state index contributed by atoms with van der Waals surface area (Å²) in [5.41, 5.74) is 4.02. The summed E-state index contributed by atoms with van der Waals surface area (Å²) >= 11 is 0. The highest BCUT2D eigenvalue weighted by Gasteiger charge is 2.21. The molecule has 1 aliphatic heterocycles. The maximum Gasteiger partial charge on any atom is 0.167 e. The Morgan fingerprint density at radius 2 is 1.48 bits per heavy atom. The fourth-order valence-electron chi connectivity index (χ4n) is 2.96. The molecule has 4 nitrogen and oxygen atoms in total. The van der Waals surface area contributed by atoms with Crippen molar-refractivity contribution >= 4 is 15.6 Å². The zero-order chi connectivity index (χ0) is 17.9. The lowest BCUT2D eigenvalue weighted by Crippen LogP contribution is -2.39. The van der Waals surface area contributed by atoms with Gasteiger partial charge in [-0.25, -0.2) is 8.42 Å². The molecule has 0 radical (unpaired) electrons. The van der Waals surface area contributed by atoms with Crippen molar-refractivity contribution in [1.82, 2.24) is 4.90 Å². The summed E-state index contributed by atoms with van der Waals surface area (Å²) in [5.74, 6) is 0.612. The third-order valence-electron chi connectivity index (χ3n) is 4.60. The first-order valence-electron chi connectivity index (χ1n) is 8.52. The molecule has 2 aromatic carbocycles. The summed E-state index contributed by atoms with van der Waals surface area (Å²) in [6, 6.07) is 15.7. The zero-order valence-corrected chi connectivity index (χ0v) is 15.3. The van der Waals surface area contributed by atoms with E-state index in [0.29, 0.717) is 19.5 Å². The smallest absolute Gasteiger partial charge is 0.167 e.